The van der Waals surface area contributed by atoms with Crippen LogP contribution in [-0.2, 0) is 11.3 Å². The lowest BCUT2D eigenvalue weighted by Crippen LogP contribution is -2.36. The Balaban J connectivity index is 1.77. The number of amides is 1. The molecule has 0 spiro atoms. The summed E-state index contributed by atoms with van der Waals surface area (Å²) in [5.74, 6) is 0.780. The highest BCUT2D eigenvalue weighted by molar-refractivity contribution is 7.99. The third-order valence-corrected chi connectivity index (χ3v) is 4.49. The molecule has 0 bridgehead atoms. The second-order valence-corrected chi connectivity index (χ2v) is 5.83. The minimum atomic E-state index is -0.272. The number of pyridine rings is 1. The number of hydrogen-bond acceptors (Lipinski definition) is 5. The van der Waals surface area contributed by atoms with E-state index in [1.807, 2.05) is 19.1 Å². The predicted octanol–water partition coefficient (Wildman–Crippen LogP) is 1.31. The van der Waals surface area contributed by atoms with E-state index in [-0.39, 0.29) is 17.4 Å². The van der Waals surface area contributed by atoms with Crippen LogP contribution in [0.25, 0.3) is 0 Å². The van der Waals surface area contributed by atoms with E-state index in [2.05, 4.69) is 15.3 Å². The van der Waals surface area contributed by atoms with Gasteiger partial charge in [-0.05, 0) is 18.6 Å². The van der Waals surface area contributed by atoms with Gasteiger partial charge in [0.15, 0.2) is 5.16 Å². The Morgan fingerprint density at radius 1 is 1.38 bits per heavy atom. The number of rotatable bonds is 2. The largest absolute Gasteiger partial charge is 0.310 e. The molecule has 0 saturated carbocycles. The summed E-state index contributed by atoms with van der Waals surface area (Å²) in [6.07, 6.45) is 3.14. The van der Waals surface area contributed by atoms with Gasteiger partial charge < -0.3 is 5.32 Å². The Hall–Kier alpha value is -2.15. The van der Waals surface area contributed by atoms with Gasteiger partial charge in [-0.2, -0.15) is 0 Å². The highest BCUT2D eigenvalue weighted by Crippen LogP contribution is 2.25. The Bertz CT molecular complexity index is 744. The molecule has 0 fully saturated rings. The van der Waals surface area contributed by atoms with Crippen LogP contribution >= 0.6 is 11.8 Å². The maximum absolute atomic E-state index is 12.3. The minimum absolute atomic E-state index is 0.120. The summed E-state index contributed by atoms with van der Waals surface area (Å²) in [6, 6.07) is 5.12. The van der Waals surface area contributed by atoms with Crippen molar-refractivity contribution in [3.05, 3.63) is 46.5 Å². The van der Waals surface area contributed by atoms with E-state index in [1.165, 1.54) is 24.0 Å². The van der Waals surface area contributed by atoms with Crippen molar-refractivity contribution >= 4 is 23.5 Å². The average Bonchev–Trinajstić information content (AvgIpc) is 2.50. The molecule has 3 rings (SSSR count). The van der Waals surface area contributed by atoms with Gasteiger partial charge in [0.1, 0.15) is 5.82 Å². The van der Waals surface area contributed by atoms with Crippen molar-refractivity contribution in [1.29, 1.82) is 0 Å². The molecule has 6 nitrogen and oxygen atoms in total. The number of hydrogen-bond donors (Lipinski definition) is 1. The molecule has 2 aromatic heterocycles. The second kappa shape index (κ2) is 5.69. The summed E-state index contributed by atoms with van der Waals surface area (Å²) < 4.78 is 1.55. The second-order valence-electron chi connectivity index (χ2n) is 4.84. The number of carbonyl (C=O) groups is 1. The number of carbonyl (C=O) groups excluding carboxylic acids is 1. The fraction of sp³-hybridized carbons (Fsp3) is 0.286. The molecule has 0 radical (unpaired) electrons. The fourth-order valence-electron chi connectivity index (χ4n) is 2.14. The normalized spacial score (nSPS) is 17.1. The molecule has 0 saturated heterocycles. The van der Waals surface area contributed by atoms with Crippen molar-refractivity contribution < 1.29 is 4.79 Å². The van der Waals surface area contributed by atoms with Crippen molar-refractivity contribution in [2.75, 3.05) is 11.1 Å². The summed E-state index contributed by atoms with van der Waals surface area (Å²) in [6.45, 7) is 2.24. The molecule has 1 N–H and O–H groups in total. The van der Waals surface area contributed by atoms with Crippen LogP contribution in [0.1, 0.15) is 5.56 Å². The van der Waals surface area contributed by atoms with Gasteiger partial charge in [-0.1, -0.05) is 17.8 Å². The first-order valence-corrected chi connectivity index (χ1v) is 7.55. The summed E-state index contributed by atoms with van der Waals surface area (Å²) >= 11 is 1.42. The molecule has 0 aliphatic carbocycles. The van der Waals surface area contributed by atoms with E-state index < -0.39 is 0 Å². The molecule has 21 heavy (non-hydrogen) atoms. The molecule has 3 heterocycles. The predicted molar refractivity (Wildman–Crippen MR) is 80.3 cm³/mol. The van der Waals surface area contributed by atoms with E-state index in [9.17, 15) is 9.59 Å². The lowest BCUT2D eigenvalue weighted by Gasteiger charge is -2.23. The van der Waals surface area contributed by atoms with Crippen LogP contribution in [0.4, 0.5) is 5.82 Å². The zero-order valence-corrected chi connectivity index (χ0v) is 12.3. The fourth-order valence-corrected chi connectivity index (χ4v) is 3.21. The number of aromatic nitrogens is 3. The van der Waals surface area contributed by atoms with E-state index in [0.717, 1.165) is 5.56 Å². The van der Waals surface area contributed by atoms with Gasteiger partial charge in [0, 0.05) is 30.8 Å². The van der Waals surface area contributed by atoms with Crippen LogP contribution in [0.2, 0.25) is 0 Å². The van der Waals surface area contributed by atoms with Gasteiger partial charge >= 0.3 is 0 Å². The number of fused-ring (bicyclic) bond motifs is 1. The first-order valence-electron chi connectivity index (χ1n) is 6.56. The number of nitrogens with zero attached hydrogens (tertiary/aromatic N) is 3. The third-order valence-electron chi connectivity index (χ3n) is 3.34. The third kappa shape index (κ3) is 2.82. The van der Waals surface area contributed by atoms with Crippen LogP contribution in [0.15, 0.2) is 40.5 Å². The molecule has 1 unspecified atom stereocenters. The molecule has 7 heteroatoms. The summed E-state index contributed by atoms with van der Waals surface area (Å²) in [7, 11) is 0. The van der Waals surface area contributed by atoms with Gasteiger partial charge in [0.2, 0.25) is 5.91 Å². The van der Waals surface area contributed by atoms with Crippen molar-refractivity contribution in [3.63, 3.8) is 0 Å². The van der Waals surface area contributed by atoms with Crippen molar-refractivity contribution in [2.45, 2.75) is 18.6 Å². The first kappa shape index (κ1) is 13.8. The van der Waals surface area contributed by atoms with Crippen LogP contribution in [-0.4, -0.2) is 26.2 Å². The maximum atomic E-state index is 12.3. The minimum Gasteiger partial charge on any atom is -0.310 e. The molecule has 2 aromatic rings. The Morgan fingerprint density at radius 2 is 2.24 bits per heavy atom. The van der Waals surface area contributed by atoms with Gasteiger partial charge in [-0.25, -0.2) is 9.97 Å². The Morgan fingerprint density at radius 3 is 3.05 bits per heavy atom. The van der Waals surface area contributed by atoms with Crippen LogP contribution in [0.3, 0.4) is 0 Å². The van der Waals surface area contributed by atoms with E-state index in [0.29, 0.717) is 23.3 Å². The molecular weight excluding hydrogens is 288 g/mol. The van der Waals surface area contributed by atoms with Crippen LogP contribution < -0.4 is 10.9 Å². The molecule has 1 aliphatic rings. The van der Waals surface area contributed by atoms with Gasteiger partial charge in [-0.15, -0.1) is 0 Å². The monoisotopic (exact) mass is 302 g/mol. The average molecular weight is 302 g/mol. The SMILES string of the molecule is Cc1cccnc1NC(=O)C1CSc2nccc(=O)n2C1. The molecule has 1 amide bonds. The number of anilines is 1. The molecule has 1 aliphatic heterocycles. The van der Waals surface area contributed by atoms with Crippen LogP contribution in [0, 0.1) is 12.8 Å². The highest BCUT2D eigenvalue weighted by atomic mass is 32.2. The standard InChI is InChI=1S/C14H14N4O2S/c1-9-3-2-5-15-12(9)17-13(20)10-7-18-11(19)4-6-16-14(18)21-8-10/h2-6,10H,7-8H2,1H3,(H,15,17,20). The zero-order valence-electron chi connectivity index (χ0n) is 11.4. The van der Waals surface area contributed by atoms with E-state index in [1.54, 1.807) is 10.8 Å². The topological polar surface area (TPSA) is 76.9 Å². The number of thioether (sulfide) groups is 1. The van der Waals surface area contributed by atoms with Gasteiger partial charge in [0.25, 0.3) is 5.56 Å². The van der Waals surface area contributed by atoms with Crippen molar-refractivity contribution in [1.82, 2.24) is 14.5 Å². The maximum Gasteiger partial charge on any atom is 0.254 e. The van der Waals surface area contributed by atoms with E-state index >= 15 is 0 Å². The summed E-state index contributed by atoms with van der Waals surface area (Å²) in [4.78, 5) is 32.5. The van der Waals surface area contributed by atoms with Crippen molar-refractivity contribution in [3.8, 4) is 0 Å². The smallest absolute Gasteiger partial charge is 0.254 e. The van der Waals surface area contributed by atoms with Gasteiger partial charge in [-0.3, -0.25) is 14.2 Å². The highest BCUT2D eigenvalue weighted by Gasteiger charge is 2.26. The lowest BCUT2D eigenvalue weighted by atomic mass is 10.1. The van der Waals surface area contributed by atoms with E-state index in [4.69, 9.17) is 0 Å². The number of nitrogens with one attached hydrogen (secondary N) is 1. The quantitative estimate of drug-likeness (QED) is 0.846. The zero-order chi connectivity index (χ0) is 14.8. The molecule has 108 valence electrons. The van der Waals surface area contributed by atoms with Crippen LogP contribution in [0.5, 0.6) is 0 Å². The first-order chi connectivity index (χ1) is 10.1. The van der Waals surface area contributed by atoms with Gasteiger partial charge in [0.05, 0.1) is 5.92 Å². The Labute approximate surface area is 125 Å². The molecule has 0 aromatic carbocycles. The molecule has 1 atom stereocenters. The summed E-state index contributed by atoms with van der Waals surface area (Å²) in [5, 5.41) is 3.50. The molecular formula is C14H14N4O2S. The number of aryl methyl sites for hydroxylation is 1. The Kier molecular flexibility index (Phi) is 3.74. The van der Waals surface area contributed by atoms with Crippen molar-refractivity contribution in [2.24, 2.45) is 5.92 Å². The lowest BCUT2D eigenvalue weighted by molar-refractivity contribution is -0.119. The summed E-state index contributed by atoms with van der Waals surface area (Å²) in [5.41, 5.74) is 0.785.